The Kier molecular flexibility index (Phi) is 3.67. The van der Waals surface area contributed by atoms with E-state index in [1.807, 2.05) is 6.92 Å². The largest absolute Gasteiger partial charge is 0.320 e. The summed E-state index contributed by atoms with van der Waals surface area (Å²) in [4.78, 5) is 4.10. The minimum Gasteiger partial charge on any atom is -0.320 e. The maximum Gasteiger partial charge on any atom is 0.141 e. The Balaban J connectivity index is 2.30. The van der Waals surface area contributed by atoms with Crippen LogP contribution in [0.2, 0.25) is 0 Å². The van der Waals surface area contributed by atoms with Gasteiger partial charge in [-0.05, 0) is 50.5 Å². The number of hydrogen-bond donors (Lipinski definition) is 1. The first kappa shape index (κ1) is 13.7. The van der Waals surface area contributed by atoms with Gasteiger partial charge in [0, 0.05) is 0 Å². The Morgan fingerprint density at radius 3 is 2.58 bits per heavy atom. The molecule has 1 heterocycles. The van der Waals surface area contributed by atoms with Crippen molar-refractivity contribution in [2.75, 3.05) is 0 Å². The zero-order valence-corrected chi connectivity index (χ0v) is 11.6. The van der Waals surface area contributed by atoms with E-state index in [1.54, 1.807) is 6.07 Å². The number of nitrogens with zero attached hydrogens (tertiary/aromatic N) is 1. The number of nitrogens with two attached hydrogens (primary N) is 1. The van der Waals surface area contributed by atoms with Crippen molar-refractivity contribution in [3.05, 3.63) is 64.7 Å². The molecule has 0 saturated heterocycles. The fraction of sp³-hybridized carbons (Fsp3) is 0.312. The Bertz CT molecular complexity index is 574. The third-order valence-corrected chi connectivity index (χ3v) is 3.37. The summed E-state index contributed by atoms with van der Waals surface area (Å²) in [6.45, 7) is 6.06. The molecule has 0 amide bonds. The van der Waals surface area contributed by atoms with Crippen LogP contribution in [0.15, 0.2) is 36.5 Å². The summed E-state index contributed by atoms with van der Waals surface area (Å²) in [5, 5.41) is 0. The Labute approximate surface area is 113 Å². The summed E-state index contributed by atoms with van der Waals surface area (Å²) in [5.41, 5.74) is 10.1. The molecule has 0 aliphatic heterocycles. The van der Waals surface area contributed by atoms with Gasteiger partial charge in [-0.1, -0.05) is 23.8 Å². The van der Waals surface area contributed by atoms with E-state index in [0.717, 1.165) is 0 Å². The van der Waals surface area contributed by atoms with Crippen molar-refractivity contribution in [3.8, 4) is 0 Å². The first-order chi connectivity index (χ1) is 8.88. The van der Waals surface area contributed by atoms with Gasteiger partial charge in [0.1, 0.15) is 5.82 Å². The van der Waals surface area contributed by atoms with Gasteiger partial charge in [-0.25, -0.2) is 4.39 Å². The molecule has 100 valence electrons. The van der Waals surface area contributed by atoms with Crippen LogP contribution in [0.25, 0.3) is 0 Å². The zero-order chi connectivity index (χ0) is 14.0. The minimum absolute atomic E-state index is 0.341. The van der Waals surface area contributed by atoms with Gasteiger partial charge in [0.25, 0.3) is 0 Å². The fourth-order valence-electron chi connectivity index (χ4n) is 2.19. The van der Waals surface area contributed by atoms with Crippen molar-refractivity contribution in [2.45, 2.75) is 32.7 Å². The van der Waals surface area contributed by atoms with Crippen LogP contribution in [0, 0.1) is 19.7 Å². The van der Waals surface area contributed by atoms with Crippen LogP contribution in [0.4, 0.5) is 4.39 Å². The standard InChI is InChI=1S/C16H19FN2/c1-11-4-5-12(2)13(8-11)9-16(3,18)15-7-6-14(17)10-19-15/h4-8,10H,9,18H2,1-3H3. The van der Waals surface area contributed by atoms with Crippen LogP contribution in [0.3, 0.4) is 0 Å². The molecular formula is C16H19FN2. The van der Waals surface area contributed by atoms with Crippen LogP contribution in [0.5, 0.6) is 0 Å². The van der Waals surface area contributed by atoms with E-state index in [1.165, 1.54) is 29.0 Å². The molecule has 0 bridgehead atoms. The number of halogens is 1. The van der Waals surface area contributed by atoms with Gasteiger partial charge in [0.05, 0.1) is 17.4 Å². The third-order valence-electron chi connectivity index (χ3n) is 3.37. The summed E-state index contributed by atoms with van der Waals surface area (Å²) in [6, 6.07) is 9.38. The lowest BCUT2D eigenvalue weighted by molar-refractivity contribution is 0.471. The van der Waals surface area contributed by atoms with Crippen molar-refractivity contribution in [3.63, 3.8) is 0 Å². The van der Waals surface area contributed by atoms with Crippen LogP contribution in [0.1, 0.15) is 29.3 Å². The number of aryl methyl sites for hydroxylation is 2. The van der Waals surface area contributed by atoms with E-state index in [9.17, 15) is 4.39 Å². The van der Waals surface area contributed by atoms with E-state index in [0.29, 0.717) is 12.1 Å². The molecule has 0 spiro atoms. The summed E-state index contributed by atoms with van der Waals surface area (Å²) >= 11 is 0. The molecule has 3 heteroatoms. The predicted molar refractivity (Wildman–Crippen MR) is 75.4 cm³/mol. The van der Waals surface area contributed by atoms with E-state index in [4.69, 9.17) is 5.73 Å². The lowest BCUT2D eigenvalue weighted by atomic mass is 9.88. The lowest BCUT2D eigenvalue weighted by Gasteiger charge is -2.25. The SMILES string of the molecule is Cc1ccc(C)c(CC(C)(N)c2ccc(F)cn2)c1. The normalized spacial score (nSPS) is 14.2. The number of rotatable bonds is 3. The summed E-state index contributed by atoms with van der Waals surface area (Å²) in [7, 11) is 0. The van der Waals surface area contributed by atoms with Gasteiger partial charge in [0.2, 0.25) is 0 Å². The summed E-state index contributed by atoms with van der Waals surface area (Å²) in [6.07, 6.45) is 1.89. The molecule has 2 aromatic rings. The minimum atomic E-state index is -0.605. The van der Waals surface area contributed by atoms with Gasteiger partial charge >= 0.3 is 0 Å². The molecule has 19 heavy (non-hydrogen) atoms. The van der Waals surface area contributed by atoms with Crippen LogP contribution >= 0.6 is 0 Å². The monoisotopic (exact) mass is 258 g/mol. The molecule has 0 radical (unpaired) electrons. The average Bonchev–Trinajstić information content (AvgIpc) is 2.34. The number of aromatic nitrogens is 1. The molecule has 2 nitrogen and oxygen atoms in total. The maximum absolute atomic E-state index is 12.9. The van der Waals surface area contributed by atoms with Crippen LogP contribution in [-0.2, 0) is 12.0 Å². The smallest absolute Gasteiger partial charge is 0.141 e. The molecule has 1 aromatic carbocycles. The van der Waals surface area contributed by atoms with Gasteiger partial charge in [-0.3, -0.25) is 4.98 Å². The Morgan fingerprint density at radius 2 is 1.95 bits per heavy atom. The molecule has 1 unspecified atom stereocenters. The van der Waals surface area contributed by atoms with E-state index >= 15 is 0 Å². The second-order valence-electron chi connectivity index (χ2n) is 5.39. The Hall–Kier alpha value is -1.74. The van der Waals surface area contributed by atoms with Gasteiger partial charge in [0.15, 0.2) is 0 Å². The predicted octanol–water partition coefficient (Wildman–Crippen LogP) is 3.25. The summed E-state index contributed by atoms with van der Waals surface area (Å²) < 4.78 is 12.9. The number of hydrogen-bond acceptors (Lipinski definition) is 2. The molecule has 1 aromatic heterocycles. The fourth-order valence-corrected chi connectivity index (χ4v) is 2.19. The van der Waals surface area contributed by atoms with Crippen molar-refractivity contribution in [2.24, 2.45) is 5.73 Å². The molecule has 0 aliphatic rings. The van der Waals surface area contributed by atoms with Crippen LogP contribution in [-0.4, -0.2) is 4.98 Å². The van der Waals surface area contributed by atoms with Crippen LogP contribution < -0.4 is 5.73 Å². The van der Waals surface area contributed by atoms with Gasteiger partial charge < -0.3 is 5.73 Å². The molecular weight excluding hydrogens is 239 g/mol. The lowest BCUT2D eigenvalue weighted by Crippen LogP contribution is -2.36. The molecule has 0 aliphatic carbocycles. The van der Waals surface area contributed by atoms with Crippen molar-refractivity contribution < 1.29 is 4.39 Å². The number of benzene rings is 1. The van der Waals surface area contributed by atoms with E-state index < -0.39 is 5.54 Å². The van der Waals surface area contributed by atoms with Crippen molar-refractivity contribution in [1.82, 2.24) is 4.98 Å². The van der Waals surface area contributed by atoms with Crippen molar-refractivity contribution >= 4 is 0 Å². The average molecular weight is 258 g/mol. The summed E-state index contributed by atoms with van der Waals surface area (Å²) in [5.74, 6) is -0.341. The third kappa shape index (κ3) is 3.18. The highest BCUT2D eigenvalue weighted by atomic mass is 19.1. The van der Waals surface area contributed by atoms with E-state index in [-0.39, 0.29) is 5.82 Å². The highest BCUT2D eigenvalue weighted by Gasteiger charge is 2.24. The number of pyridine rings is 1. The zero-order valence-electron chi connectivity index (χ0n) is 11.6. The van der Waals surface area contributed by atoms with Crippen molar-refractivity contribution in [1.29, 1.82) is 0 Å². The van der Waals surface area contributed by atoms with E-state index in [2.05, 4.69) is 37.0 Å². The Morgan fingerprint density at radius 1 is 1.21 bits per heavy atom. The molecule has 0 fully saturated rings. The highest BCUT2D eigenvalue weighted by molar-refractivity contribution is 5.33. The topological polar surface area (TPSA) is 38.9 Å². The maximum atomic E-state index is 12.9. The second-order valence-corrected chi connectivity index (χ2v) is 5.39. The molecule has 2 rings (SSSR count). The first-order valence-electron chi connectivity index (χ1n) is 6.35. The highest BCUT2D eigenvalue weighted by Crippen LogP contribution is 2.23. The first-order valence-corrected chi connectivity index (χ1v) is 6.35. The van der Waals surface area contributed by atoms with Gasteiger partial charge in [-0.2, -0.15) is 0 Å². The molecule has 0 saturated carbocycles. The van der Waals surface area contributed by atoms with Gasteiger partial charge in [-0.15, -0.1) is 0 Å². The quantitative estimate of drug-likeness (QED) is 0.917. The second kappa shape index (κ2) is 5.10. The molecule has 2 N–H and O–H groups in total. The molecule has 1 atom stereocenters.